The standard InChI is InChI=1S/C16H16N6S/c17-15(18)21-11-3-1-9(2-4-11)14-8-10-7-12(22-16(19)20)5-6-13(10)23-14/h1-8H,(H4,17,18,21)(H4,19,20,22). The van der Waals surface area contributed by atoms with E-state index in [-0.39, 0.29) is 11.9 Å². The maximum atomic E-state index is 5.42. The first-order valence-electron chi connectivity index (χ1n) is 6.84. The molecule has 0 radical (unpaired) electrons. The van der Waals surface area contributed by atoms with Gasteiger partial charge >= 0.3 is 0 Å². The van der Waals surface area contributed by atoms with E-state index in [2.05, 4.69) is 16.1 Å². The molecule has 0 fully saturated rings. The van der Waals surface area contributed by atoms with Gasteiger partial charge in [0.2, 0.25) is 0 Å². The third-order valence-electron chi connectivity index (χ3n) is 3.17. The maximum absolute atomic E-state index is 5.42. The van der Waals surface area contributed by atoms with Crippen LogP contribution < -0.4 is 22.9 Å². The van der Waals surface area contributed by atoms with Crippen LogP contribution in [0.25, 0.3) is 20.5 Å². The van der Waals surface area contributed by atoms with Gasteiger partial charge in [-0.2, -0.15) is 0 Å². The molecular weight excluding hydrogens is 308 g/mol. The second-order valence-electron chi connectivity index (χ2n) is 4.95. The second kappa shape index (κ2) is 5.98. The van der Waals surface area contributed by atoms with E-state index in [1.54, 1.807) is 11.3 Å². The van der Waals surface area contributed by atoms with Crippen molar-refractivity contribution in [3.63, 3.8) is 0 Å². The van der Waals surface area contributed by atoms with Crippen molar-refractivity contribution in [2.24, 2.45) is 32.9 Å². The maximum Gasteiger partial charge on any atom is 0.191 e. The molecule has 0 saturated carbocycles. The van der Waals surface area contributed by atoms with Gasteiger partial charge in [0, 0.05) is 9.58 Å². The van der Waals surface area contributed by atoms with Gasteiger partial charge in [-0.3, -0.25) is 0 Å². The highest BCUT2D eigenvalue weighted by atomic mass is 32.1. The molecule has 0 bridgehead atoms. The SMILES string of the molecule is NC(N)=Nc1ccc(-c2cc3cc(N=C(N)N)ccc3s2)cc1. The fraction of sp³-hybridized carbons (Fsp3) is 0. The minimum absolute atomic E-state index is 0.0480. The van der Waals surface area contributed by atoms with Gasteiger partial charge in [0.15, 0.2) is 11.9 Å². The monoisotopic (exact) mass is 324 g/mol. The van der Waals surface area contributed by atoms with E-state index in [1.807, 2.05) is 42.5 Å². The Kier molecular flexibility index (Phi) is 3.86. The van der Waals surface area contributed by atoms with Crippen LogP contribution in [0.1, 0.15) is 0 Å². The molecule has 0 saturated heterocycles. The molecule has 0 aliphatic heterocycles. The number of aliphatic imine (C=N–C) groups is 2. The summed E-state index contributed by atoms with van der Waals surface area (Å²) in [4.78, 5) is 9.23. The Morgan fingerprint density at radius 1 is 0.739 bits per heavy atom. The number of nitrogens with zero attached hydrogens (tertiary/aromatic N) is 2. The average Bonchev–Trinajstić information content (AvgIpc) is 2.90. The van der Waals surface area contributed by atoms with Gasteiger partial charge in [-0.25, -0.2) is 9.98 Å². The van der Waals surface area contributed by atoms with Crippen LogP contribution in [-0.2, 0) is 0 Å². The number of benzene rings is 2. The Labute approximate surface area is 137 Å². The summed E-state index contributed by atoms with van der Waals surface area (Å²) < 4.78 is 1.17. The summed E-state index contributed by atoms with van der Waals surface area (Å²) >= 11 is 1.70. The summed E-state index contributed by atoms with van der Waals surface area (Å²) in [5.74, 6) is 0.0991. The quantitative estimate of drug-likeness (QED) is 0.435. The highest BCUT2D eigenvalue weighted by Crippen LogP contribution is 2.35. The Morgan fingerprint density at radius 2 is 1.35 bits per heavy atom. The van der Waals surface area contributed by atoms with Crippen molar-refractivity contribution in [1.29, 1.82) is 0 Å². The largest absolute Gasteiger partial charge is 0.370 e. The van der Waals surface area contributed by atoms with Gasteiger partial charge < -0.3 is 22.9 Å². The van der Waals surface area contributed by atoms with Crippen molar-refractivity contribution in [3.8, 4) is 10.4 Å². The van der Waals surface area contributed by atoms with Crippen molar-refractivity contribution >= 4 is 44.7 Å². The minimum Gasteiger partial charge on any atom is -0.370 e. The number of hydrogen-bond acceptors (Lipinski definition) is 3. The fourth-order valence-corrected chi connectivity index (χ4v) is 3.29. The zero-order valence-corrected chi connectivity index (χ0v) is 13.0. The van der Waals surface area contributed by atoms with E-state index < -0.39 is 0 Å². The first-order valence-corrected chi connectivity index (χ1v) is 7.66. The van der Waals surface area contributed by atoms with Crippen LogP contribution in [0.5, 0.6) is 0 Å². The lowest BCUT2D eigenvalue weighted by Gasteiger charge is -1.98. The van der Waals surface area contributed by atoms with Gasteiger partial charge in [0.25, 0.3) is 0 Å². The first-order chi connectivity index (χ1) is 11.0. The summed E-state index contributed by atoms with van der Waals surface area (Å²) in [6.07, 6.45) is 0. The number of thiophene rings is 1. The van der Waals surface area contributed by atoms with Crippen molar-refractivity contribution in [2.75, 3.05) is 0 Å². The summed E-state index contributed by atoms with van der Waals surface area (Å²) in [5, 5.41) is 1.10. The molecule has 116 valence electrons. The minimum atomic E-state index is 0.0480. The van der Waals surface area contributed by atoms with Gasteiger partial charge in [0.1, 0.15) is 0 Å². The molecule has 3 rings (SSSR count). The molecule has 0 spiro atoms. The van der Waals surface area contributed by atoms with E-state index in [4.69, 9.17) is 22.9 Å². The number of rotatable bonds is 3. The molecule has 2 aromatic carbocycles. The number of nitrogens with two attached hydrogens (primary N) is 4. The molecule has 8 N–H and O–H groups in total. The average molecular weight is 324 g/mol. The summed E-state index contributed by atoms with van der Waals surface area (Å²) in [5.41, 5.74) is 24.1. The summed E-state index contributed by atoms with van der Waals surface area (Å²) in [6.45, 7) is 0. The third kappa shape index (κ3) is 3.41. The predicted octanol–water partition coefficient (Wildman–Crippen LogP) is 2.38. The van der Waals surface area contributed by atoms with E-state index >= 15 is 0 Å². The summed E-state index contributed by atoms with van der Waals surface area (Å²) in [6, 6.07) is 15.7. The topological polar surface area (TPSA) is 129 Å². The van der Waals surface area contributed by atoms with E-state index in [0.29, 0.717) is 0 Å². The van der Waals surface area contributed by atoms with Crippen molar-refractivity contribution in [2.45, 2.75) is 0 Å². The van der Waals surface area contributed by atoms with Crippen LogP contribution in [0.3, 0.4) is 0 Å². The molecule has 1 aromatic heterocycles. The second-order valence-corrected chi connectivity index (χ2v) is 6.04. The first kappa shape index (κ1) is 14.9. The van der Waals surface area contributed by atoms with Crippen molar-refractivity contribution in [3.05, 3.63) is 48.5 Å². The zero-order chi connectivity index (χ0) is 16.4. The highest BCUT2D eigenvalue weighted by Gasteiger charge is 2.05. The Hall–Kier alpha value is -3.06. The van der Waals surface area contributed by atoms with Crippen LogP contribution in [0.4, 0.5) is 11.4 Å². The van der Waals surface area contributed by atoms with Gasteiger partial charge in [-0.15, -0.1) is 11.3 Å². The highest BCUT2D eigenvalue weighted by molar-refractivity contribution is 7.22. The molecular formula is C16H16N6S. The smallest absolute Gasteiger partial charge is 0.191 e. The lowest BCUT2D eigenvalue weighted by molar-refractivity contribution is 1.42. The normalized spacial score (nSPS) is 10.4. The number of guanidine groups is 2. The molecule has 0 aliphatic rings. The van der Waals surface area contributed by atoms with Gasteiger partial charge in [-0.05, 0) is 47.3 Å². The predicted molar refractivity (Wildman–Crippen MR) is 98.2 cm³/mol. The van der Waals surface area contributed by atoms with Crippen LogP contribution in [0, 0.1) is 0 Å². The Bertz CT molecular complexity index is 900. The van der Waals surface area contributed by atoms with E-state index in [9.17, 15) is 0 Å². The van der Waals surface area contributed by atoms with Crippen LogP contribution in [-0.4, -0.2) is 11.9 Å². The fourth-order valence-electron chi connectivity index (χ4n) is 2.24. The molecule has 7 heteroatoms. The van der Waals surface area contributed by atoms with Crippen molar-refractivity contribution < 1.29 is 0 Å². The summed E-state index contributed by atoms with van der Waals surface area (Å²) in [7, 11) is 0. The Morgan fingerprint density at radius 3 is 2.00 bits per heavy atom. The molecule has 0 atom stereocenters. The molecule has 23 heavy (non-hydrogen) atoms. The lowest BCUT2D eigenvalue weighted by Crippen LogP contribution is -2.21. The van der Waals surface area contributed by atoms with Crippen LogP contribution in [0.2, 0.25) is 0 Å². The molecule has 0 aliphatic carbocycles. The number of hydrogen-bond donors (Lipinski definition) is 4. The van der Waals surface area contributed by atoms with E-state index in [1.165, 1.54) is 4.70 Å². The lowest BCUT2D eigenvalue weighted by atomic mass is 10.1. The number of fused-ring (bicyclic) bond motifs is 1. The van der Waals surface area contributed by atoms with Gasteiger partial charge in [0.05, 0.1) is 11.4 Å². The van der Waals surface area contributed by atoms with Crippen LogP contribution in [0.15, 0.2) is 58.5 Å². The molecule has 3 aromatic rings. The zero-order valence-electron chi connectivity index (χ0n) is 12.2. The van der Waals surface area contributed by atoms with Crippen molar-refractivity contribution in [1.82, 2.24) is 0 Å². The molecule has 0 amide bonds. The third-order valence-corrected chi connectivity index (χ3v) is 4.33. The van der Waals surface area contributed by atoms with E-state index in [0.717, 1.165) is 27.2 Å². The van der Waals surface area contributed by atoms with Crippen LogP contribution >= 0.6 is 11.3 Å². The molecule has 6 nitrogen and oxygen atoms in total. The molecule has 0 unspecified atom stereocenters. The van der Waals surface area contributed by atoms with Gasteiger partial charge in [-0.1, -0.05) is 12.1 Å². The Balaban J connectivity index is 1.97. The molecule has 1 heterocycles.